The Bertz CT molecular complexity index is 2050. The Morgan fingerprint density at radius 1 is 0.870 bits per heavy atom. The SMILES string of the molecule is COC(=O)C(C)(C)Cn1cc(-c2cc(F)c(NC(=O)c3c(OCc4ccc(OC)cc4)nc(CS(=O)[O-])nc3OCc3ccc(OC)cc3)c(F)c2)nn1. The van der Waals surface area contributed by atoms with Crippen molar-refractivity contribution < 1.29 is 50.8 Å². The molecule has 0 radical (unpaired) electrons. The molecule has 0 saturated carbocycles. The van der Waals surface area contributed by atoms with E-state index in [-0.39, 0.29) is 36.8 Å². The lowest BCUT2D eigenvalue weighted by Gasteiger charge is -2.20. The Balaban J connectivity index is 1.48. The highest BCUT2D eigenvalue weighted by Gasteiger charge is 2.30. The van der Waals surface area contributed by atoms with Gasteiger partial charge in [0, 0.05) is 5.56 Å². The largest absolute Gasteiger partial charge is 0.772 e. The highest BCUT2D eigenvalue weighted by Crippen LogP contribution is 2.32. The molecule has 2 aromatic heterocycles. The van der Waals surface area contributed by atoms with Crippen LogP contribution in [0.3, 0.4) is 0 Å². The highest BCUT2D eigenvalue weighted by molar-refractivity contribution is 7.78. The van der Waals surface area contributed by atoms with Gasteiger partial charge >= 0.3 is 5.97 Å². The van der Waals surface area contributed by atoms with E-state index >= 15 is 8.78 Å². The van der Waals surface area contributed by atoms with Crippen LogP contribution in [0.4, 0.5) is 14.5 Å². The van der Waals surface area contributed by atoms with Crippen molar-refractivity contribution in [2.24, 2.45) is 5.41 Å². The van der Waals surface area contributed by atoms with E-state index in [1.54, 1.807) is 62.4 Å². The predicted octanol–water partition coefficient (Wildman–Crippen LogP) is 5.02. The molecule has 15 nitrogen and oxygen atoms in total. The van der Waals surface area contributed by atoms with Crippen LogP contribution in [0.25, 0.3) is 11.3 Å². The fourth-order valence-electron chi connectivity index (χ4n) is 5.05. The first-order chi connectivity index (χ1) is 25.8. The molecule has 0 fully saturated rings. The van der Waals surface area contributed by atoms with Gasteiger partial charge in [0.25, 0.3) is 5.91 Å². The summed E-state index contributed by atoms with van der Waals surface area (Å²) in [6.07, 6.45) is 1.41. The van der Waals surface area contributed by atoms with Crippen LogP contribution in [0.15, 0.2) is 66.9 Å². The molecule has 18 heteroatoms. The number of carbonyl (C=O) groups is 2. The average Bonchev–Trinajstić information content (AvgIpc) is 3.61. The number of rotatable bonds is 16. The lowest BCUT2D eigenvalue weighted by molar-refractivity contribution is -0.151. The third kappa shape index (κ3) is 9.69. The van der Waals surface area contributed by atoms with Gasteiger partial charge in [0.2, 0.25) is 11.8 Å². The van der Waals surface area contributed by atoms with Gasteiger partial charge in [-0.05, 0) is 72.5 Å². The number of hydrogen-bond donors (Lipinski definition) is 1. The van der Waals surface area contributed by atoms with Crippen molar-refractivity contribution in [3.05, 3.63) is 101 Å². The van der Waals surface area contributed by atoms with Crippen LogP contribution < -0.4 is 24.3 Å². The molecule has 3 aromatic carbocycles. The lowest BCUT2D eigenvalue weighted by Crippen LogP contribution is -2.30. The Morgan fingerprint density at radius 2 is 1.39 bits per heavy atom. The van der Waals surface area contributed by atoms with Crippen molar-refractivity contribution in [3.63, 3.8) is 0 Å². The number of carbonyl (C=O) groups excluding carboxylic acids is 2. The van der Waals surface area contributed by atoms with E-state index in [4.69, 9.17) is 23.7 Å². The molecular formula is C36H35F2N6O9S-. The summed E-state index contributed by atoms with van der Waals surface area (Å²) in [6.45, 7) is 3.04. The van der Waals surface area contributed by atoms with E-state index < -0.39 is 68.8 Å². The van der Waals surface area contributed by atoms with Crippen LogP contribution >= 0.6 is 0 Å². The van der Waals surface area contributed by atoms with Gasteiger partial charge in [-0.2, -0.15) is 9.97 Å². The van der Waals surface area contributed by atoms with Gasteiger partial charge in [0.1, 0.15) is 53.6 Å². The van der Waals surface area contributed by atoms with Gasteiger partial charge in [0.15, 0.2) is 5.56 Å². The third-order valence-electron chi connectivity index (χ3n) is 7.84. The molecule has 0 aliphatic heterocycles. The van der Waals surface area contributed by atoms with Gasteiger partial charge in [-0.15, -0.1) is 5.10 Å². The predicted molar refractivity (Wildman–Crippen MR) is 188 cm³/mol. The number of nitrogens with one attached hydrogen (secondary N) is 1. The number of benzene rings is 3. The molecule has 0 aliphatic rings. The van der Waals surface area contributed by atoms with Crippen LogP contribution in [0.5, 0.6) is 23.3 Å². The van der Waals surface area contributed by atoms with Gasteiger partial charge in [-0.25, -0.2) is 8.78 Å². The van der Waals surface area contributed by atoms with Gasteiger partial charge < -0.3 is 33.6 Å². The van der Waals surface area contributed by atoms with Crippen molar-refractivity contribution in [3.8, 4) is 34.5 Å². The number of anilines is 1. The number of methoxy groups -OCH3 is 3. The fraction of sp³-hybridized carbons (Fsp3) is 0.278. The van der Waals surface area contributed by atoms with E-state index in [9.17, 15) is 18.4 Å². The fourth-order valence-corrected chi connectivity index (χ4v) is 5.39. The monoisotopic (exact) mass is 765 g/mol. The van der Waals surface area contributed by atoms with Crippen LogP contribution in [-0.2, 0) is 46.1 Å². The Labute approximate surface area is 310 Å². The number of halogens is 2. The molecule has 284 valence electrons. The summed E-state index contributed by atoms with van der Waals surface area (Å²) in [6, 6.07) is 15.4. The van der Waals surface area contributed by atoms with Crippen molar-refractivity contribution in [2.45, 2.75) is 39.4 Å². The second kappa shape index (κ2) is 17.2. The number of esters is 1. The summed E-state index contributed by atoms with van der Waals surface area (Å²) < 4.78 is 82.9. The second-order valence-electron chi connectivity index (χ2n) is 12.3. The highest BCUT2D eigenvalue weighted by atomic mass is 32.2. The first-order valence-corrected chi connectivity index (χ1v) is 17.3. The Kier molecular flexibility index (Phi) is 12.5. The van der Waals surface area contributed by atoms with E-state index in [1.807, 2.05) is 0 Å². The molecule has 5 rings (SSSR count). The molecule has 0 spiro atoms. The molecule has 1 N–H and O–H groups in total. The maximum absolute atomic E-state index is 15.6. The van der Waals surface area contributed by atoms with Crippen LogP contribution in [0.2, 0.25) is 0 Å². The van der Waals surface area contributed by atoms with E-state index in [0.29, 0.717) is 22.6 Å². The maximum Gasteiger partial charge on any atom is 0.313 e. The van der Waals surface area contributed by atoms with Crippen LogP contribution in [0.1, 0.15) is 41.2 Å². The summed E-state index contributed by atoms with van der Waals surface area (Å²) in [4.78, 5) is 34.4. The molecule has 0 bridgehead atoms. The van der Waals surface area contributed by atoms with E-state index in [0.717, 1.165) is 12.1 Å². The summed E-state index contributed by atoms with van der Waals surface area (Å²) in [5, 5.41) is 10.1. The minimum absolute atomic E-state index is 0.00421. The zero-order valence-corrected chi connectivity index (χ0v) is 30.6. The topological polar surface area (TPSA) is 189 Å². The molecule has 1 atom stereocenters. The average molecular weight is 766 g/mol. The van der Waals surface area contributed by atoms with Gasteiger partial charge in [-0.1, -0.05) is 29.5 Å². The van der Waals surface area contributed by atoms with Crippen molar-refractivity contribution >= 4 is 28.6 Å². The second-order valence-corrected chi connectivity index (χ2v) is 13.2. The molecule has 1 unspecified atom stereocenters. The maximum atomic E-state index is 15.6. The summed E-state index contributed by atoms with van der Waals surface area (Å²) in [7, 11) is 4.27. The molecule has 2 heterocycles. The molecule has 5 aromatic rings. The zero-order chi connectivity index (χ0) is 39.0. The van der Waals surface area contributed by atoms with Gasteiger partial charge in [0.05, 0.1) is 45.2 Å². The Morgan fingerprint density at radius 3 is 1.85 bits per heavy atom. The van der Waals surface area contributed by atoms with Crippen LogP contribution in [0, 0.1) is 17.0 Å². The van der Waals surface area contributed by atoms with Crippen molar-refractivity contribution in [1.29, 1.82) is 0 Å². The normalized spacial score (nSPS) is 11.8. The molecule has 0 saturated heterocycles. The van der Waals surface area contributed by atoms with Gasteiger partial charge in [-0.3, -0.25) is 18.5 Å². The molecular weight excluding hydrogens is 730 g/mol. The minimum atomic E-state index is -2.65. The zero-order valence-electron chi connectivity index (χ0n) is 29.8. The van der Waals surface area contributed by atoms with Crippen molar-refractivity contribution in [1.82, 2.24) is 25.0 Å². The molecule has 54 heavy (non-hydrogen) atoms. The number of amides is 1. The number of ether oxygens (including phenoxy) is 5. The first kappa shape index (κ1) is 39.2. The number of hydrogen-bond acceptors (Lipinski definition) is 13. The van der Waals surface area contributed by atoms with Crippen LogP contribution in [-0.4, -0.2) is 66.9 Å². The van der Waals surface area contributed by atoms with E-state index in [1.165, 1.54) is 32.2 Å². The molecule has 1 amide bonds. The molecule has 0 aliphatic carbocycles. The quantitative estimate of drug-likeness (QED) is 0.104. The third-order valence-corrected chi connectivity index (χ3v) is 8.34. The standard InChI is InChI=1S/C36H36F2N6O9S/c1-36(2,35(46)51-5)20-44-16-28(42-43-44)23-14-26(37)31(27(38)15-23)41-32(45)30-33(52-17-21-6-10-24(49-3)11-7-21)39-29(19-54(47)48)40-34(30)53-18-22-8-12-25(50-4)13-9-22/h6-16H,17-20H2,1-5H3,(H,41,45)(H,47,48)/p-1. The van der Waals surface area contributed by atoms with E-state index in [2.05, 4.69) is 25.6 Å². The number of aromatic nitrogens is 5. The first-order valence-electron chi connectivity index (χ1n) is 16.1. The summed E-state index contributed by atoms with van der Waals surface area (Å²) >= 11 is -2.65. The Hall–Kier alpha value is -6.01. The van der Waals surface area contributed by atoms with Crippen molar-refractivity contribution in [2.75, 3.05) is 26.6 Å². The smallest absolute Gasteiger partial charge is 0.313 e. The lowest BCUT2D eigenvalue weighted by atomic mass is 9.94. The summed E-state index contributed by atoms with van der Waals surface area (Å²) in [5.41, 5.74) is -0.925. The number of nitrogens with zero attached hydrogens (tertiary/aromatic N) is 5. The summed E-state index contributed by atoms with van der Waals surface area (Å²) in [5.74, 6) is -4.52. The minimum Gasteiger partial charge on any atom is -0.772 e.